The highest BCUT2D eigenvalue weighted by Crippen LogP contribution is 2.38. The van der Waals surface area contributed by atoms with Crippen molar-refractivity contribution in [3.63, 3.8) is 0 Å². The summed E-state index contributed by atoms with van der Waals surface area (Å²) in [6.45, 7) is 14.6. The second-order valence-electron chi connectivity index (χ2n) is 21.7. The van der Waals surface area contributed by atoms with Crippen molar-refractivity contribution in [3.8, 4) is 0 Å². The molecule has 15 atom stereocenters. The Bertz CT molecular complexity index is 1930. The van der Waals surface area contributed by atoms with E-state index in [0.717, 1.165) is 12.0 Å². The van der Waals surface area contributed by atoms with Crippen molar-refractivity contribution in [1.29, 1.82) is 0 Å². The van der Waals surface area contributed by atoms with Crippen LogP contribution in [0.25, 0.3) is 0 Å². The van der Waals surface area contributed by atoms with E-state index in [1.54, 1.807) is 34.0 Å². The van der Waals surface area contributed by atoms with Gasteiger partial charge in [-0.25, -0.2) is 4.79 Å². The molecule has 1 amide bonds. The second kappa shape index (κ2) is 28.4. The van der Waals surface area contributed by atoms with E-state index in [1.165, 1.54) is 12.0 Å². The molecule has 0 aromatic rings. The number of nitrogens with zero attached hydrogens (tertiary/aromatic N) is 1. The summed E-state index contributed by atoms with van der Waals surface area (Å²) in [4.78, 5) is 72.7. The van der Waals surface area contributed by atoms with Crippen LogP contribution in [0.3, 0.4) is 0 Å². The van der Waals surface area contributed by atoms with Gasteiger partial charge in [0.1, 0.15) is 30.1 Å². The molecule has 3 saturated heterocycles. The van der Waals surface area contributed by atoms with Gasteiger partial charge in [0, 0.05) is 57.3 Å². The minimum absolute atomic E-state index is 0.00566. The van der Waals surface area contributed by atoms with Gasteiger partial charge in [0.2, 0.25) is 5.79 Å². The highest BCUT2D eigenvalue weighted by Gasteiger charge is 2.53. The fourth-order valence-electron chi connectivity index (χ4n) is 11.0. The van der Waals surface area contributed by atoms with Gasteiger partial charge in [-0.3, -0.25) is 19.2 Å². The molecule has 5 rings (SSSR count). The zero-order valence-corrected chi connectivity index (χ0v) is 44.5. The van der Waals surface area contributed by atoms with Gasteiger partial charge in [0.05, 0.1) is 57.5 Å². The zero-order valence-electron chi connectivity index (χ0n) is 44.5. The predicted octanol–water partition coefficient (Wildman–Crippen LogP) is 6.21. The van der Waals surface area contributed by atoms with Crippen molar-refractivity contribution in [2.45, 2.75) is 180 Å². The Morgan fingerprint density at radius 3 is 2.28 bits per heavy atom. The number of ketones is 3. The average molecular weight is 1010 g/mol. The Kier molecular flexibility index (Phi) is 23.5. The van der Waals surface area contributed by atoms with Crippen LogP contribution >= 0.6 is 0 Å². The summed E-state index contributed by atoms with van der Waals surface area (Å²) in [6.07, 6.45) is 12.0. The highest BCUT2D eigenvalue weighted by molar-refractivity contribution is 6.39. The van der Waals surface area contributed by atoms with Gasteiger partial charge >= 0.3 is 5.97 Å². The van der Waals surface area contributed by atoms with E-state index in [1.807, 2.05) is 58.1 Å². The van der Waals surface area contributed by atoms with Crippen LogP contribution in [0.5, 0.6) is 0 Å². The summed E-state index contributed by atoms with van der Waals surface area (Å²) in [5, 5.41) is 33.0. The van der Waals surface area contributed by atoms with Crippen molar-refractivity contribution in [1.82, 2.24) is 4.90 Å². The SMILES string of the molecule is CO[C@@H]1C[C@H](C[C@@H](C)[C@@H]2CC(=O)[C@H](C)/C=C(\C)[C@@H](O)[C@@H](OC)C(=O)[C@H](C)C[C@H](C)/C=C/C=C/C=C(\C)[C@@H](OCC3COC3)C[C@@H]3CC[C@@H](C)[C@@](O)(O3)C(=O)C(=O)N3CCCC[C@H]3C(=O)O2)CC[C@H]1OCCO. The van der Waals surface area contributed by atoms with Crippen LogP contribution in [0.15, 0.2) is 47.6 Å². The summed E-state index contributed by atoms with van der Waals surface area (Å²) in [5.41, 5.74) is 1.28. The maximum atomic E-state index is 14.6. The van der Waals surface area contributed by atoms with E-state index in [2.05, 4.69) is 0 Å². The van der Waals surface area contributed by atoms with E-state index < -0.39 is 77.8 Å². The molecule has 16 heteroatoms. The number of hydrogen-bond donors (Lipinski definition) is 3. The lowest BCUT2D eigenvalue weighted by molar-refractivity contribution is -0.266. The van der Waals surface area contributed by atoms with E-state index in [9.17, 15) is 39.3 Å². The number of ether oxygens (including phenoxy) is 7. The first-order valence-corrected chi connectivity index (χ1v) is 26.7. The first-order valence-electron chi connectivity index (χ1n) is 26.7. The van der Waals surface area contributed by atoms with Gasteiger partial charge in [-0.05, 0) is 107 Å². The third kappa shape index (κ3) is 16.0. The maximum absolute atomic E-state index is 14.6. The molecule has 4 fully saturated rings. The Balaban J connectivity index is 1.47. The third-order valence-corrected chi connectivity index (χ3v) is 15.8. The molecule has 5 aliphatic rings. The standard InChI is InChI=1S/C56H87NO15/c1-34-15-11-10-12-16-35(2)47(70-33-42-31-68-32-42)29-43-20-18-40(7)56(65,72-43)53(62)54(63)57-22-14-13-17-44(57)55(64)71-48(37(4)27-41-19-21-46(69-24-23-58)49(28-41)66-8)30-45(59)36(3)26-39(6)51(61)52(67-9)50(60)38(5)25-34/h10-12,15-16,26,34,36-38,40-44,46-49,51-52,58,61,65H,13-14,17-25,27-33H2,1-9H3/b12-10+,15-11+,35-16+,39-26+/t34-,36-,37-,38-,40-,41+,43+,44+,46-,47+,48+,49-,51-,52+,56-/m1/s1. The monoisotopic (exact) mass is 1010 g/mol. The number of amides is 1. The number of cyclic esters (lactones) is 1. The molecule has 4 heterocycles. The lowest BCUT2D eigenvalue weighted by atomic mass is 9.78. The maximum Gasteiger partial charge on any atom is 0.329 e. The summed E-state index contributed by atoms with van der Waals surface area (Å²) in [6, 6.07) is -1.15. The van der Waals surface area contributed by atoms with Gasteiger partial charge in [-0.15, -0.1) is 0 Å². The molecule has 1 aliphatic carbocycles. The molecular formula is C56H87NO15. The topological polar surface area (TPSA) is 214 Å². The highest BCUT2D eigenvalue weighted by atomic mass is 16.6. The van der Waals surface area contributed by atoms with Crippen molar-refractivity contribution >= 4 is 29.2 Å². The molecule has 406 valence electrons. The van der Waals surface area contributed by atoms with Gasteiger partial charge in [-0.1, -0.05) is 71.1 Å². The van der Waals surface area contributed by atoms with Crippen LogP contribution in [-0.2, 0) is 57.1 Å². The molecule has 72 heavy (non-hydrogen) atoms. The molecule has 0 aromatic carbocycles. The predicted molar refractivity (Wildman–Crippen MR) is 269 cm³/mol. The molecule has 2 bridgehead atoms. The molecule has 0 radical (unpaired) electrons. The second-order valence-corrected chi connectivity index (χ2v) is 21.7. The minimum Gasteiger partial charge on any atom is -0.460 e. The normalized spacial score (nSPS) is 38.9. The zero-order chi connectivity index (χ0) is 52.7. The minimum atomic E-state index is -2.45. The van der Waals surface area contributed by atoms with Gasteiger partial charge < -0.3 is 53.4 Å². The first-order chi connectivity index (χ1) is 34.3. The number of methoxy groups -OCH3 is 2. The smallest absolute Gasteiger partial charge is 0.329 e. The van der Waals surface area contributed by atoms with Crippen LogP contribution in [0.2, 0.25) is 0 Å². The number of fused-ring (bicyclic) bond motifs is 3. The van der Waals surface area contributed by atoms with Crippen LogP contribution in [0, 0.1) is 41.4 Å². The number of esters is 1. The molecule has 16 nitrogen and oxygen atoms in total. The van der Waals surface area contributed by atoms with Crippen LogP contribution in [-0.4, -0.2) is 158 Å². The molecule has 3 N–H and O–H groups in total. The fourth-order valence-corrected chi connectivity index (χ4v) is 11.0. The Morgan fingerprint density at radius 1 is 0.847 bits per heavy atom. The van der Waals surface area contributed by atoms with Crippen molar-refractivity contribution in [3.05, 3.63) is 47.6 Å². The summed E-state index contributed by atoms with van der Waals surface area (Å²) in [7, 11) is 3.01. The largest absolute Gasteiger partial charge is 0.460 e. The number of piperidine rings is 1. The van der Waals surface area contributed by atoms with E-state index in [0.29, 0.717) is 83.2 Å². The van der Waals surface area contributed by atoms with Gasteiger partial charge in [0.25, 0.3) is 11.7 Å². The van der Waals surface area contributed by atoms with Crippen molar-refractivity contribution < 1.29 is 72.5 Å². The summed E-state index contributed by atoms with van der Waals surface area (Å²) in [5.74, 6) is -7.79. The molecule has 4 aliphatic heterocycles. The van der Waals surface area contributed by atoms with E-state index in [4.69, 9.17) is 33.2 Å². The molecular weight excluding hydrogens is 927 g/mol. The lowest BCUT2D eigenvalue weighted by Crippen LogP contribution is -2.61. The number of allylic oxidation sites excluding steroid dienone is 6. The van der Waals surface area contributed by atoms with Crippen LogP contribution in [0.1, 0.15) is 126 Å². The fraction of sp³-hybridized carbons (Fsp3) is 0.768. The number of aliphatic hydroxyl groups excluding tert-OH is 2. The molecule has 1 saturated carbocycles. The Labute approximate surface area is 428 Å². The summed E-state index contributed by atoms with van der Waals surface area (Å²) < 4.78 is 41.8. The van der Waals surface area contributed by atoms with Gasteiger partial charge in [0.15, 0.2) is 5.78 Å². The lowest BCUT2D eigenvalue weighted by Gasteiger charge is -2.43. The first kappa shape index (κ1) is 59.4. The van der Waals surface area contributed by atoms with Crippen LogP contribution < -0.4 is 0 Å². The van der Waals surface area contributed by atoms with Crippen molar-refractivity contribution in [2.75, 3.05) is 53.8 Å². The Morgan fingerprint density at radius 2 is 1.60 bits per heavy atom. The number of carbonyl (C=O) groups is 5. The molecule has 0 aromatic heterocycles. The number of hydrogen-bond acceptors (Lipinski definition) is 15. The average Bonchev–Trinajstić information content (AvgIpc) is 3.34. The Hall–Kier alpha value is -3.45. The summed E-state index contributed by atoms with van der Waals surface area (Å²) >= 11 is 0. The van der Waals surface area contributed by atoms with E-state index >= 15 is 0 Å². The molecule has 0 unspecified atom stereocenters. The number of Topliss-reactive ketones (excluding diaryl/α,β-unsaturated/α-hetero) is 3. The van der Waals surface area contributed by atoms with Crippen LogP contribution in [0.4, 0.5) is 0 Å². The van der Waals surface area contributed by atoms with E-state index in [-0.39, 0.29) is 80.0 Å². The number of aliphatic hydroxyl groups is 3. The third-order valence-electron chi connectivity index (χ3n) is 15.8. The number of rotatable bonds is 11. The van der Waals surface area contributed by atoms with Crippen molar-refractivity contribution in [2.24, 2.45) is 41.4 Å². The quantitative estimate of drug-likeness (QED) is 0.119. The number of carbonyl (C=O) groups excluding carboxylic acids is 5. The molecule has 0 spiro atoms. The van der Waals surface area contributed by atoms with Gasteiger partial charge in [-0.2, -0.15) is 0 Å².